The fourth-order valence-electron chi connectivity index (χ4n) is 10.7. The maximum Gasteiger partial charge on any atom is 0.0725 e. The molecule has 0 amide bonds. The van der Waals surface area contributed by atoms with Crippen LogP contribution in [0.5, 0.6) is 0 Å². The zero-order chi connectivity index (χ0) is 46.5. The summed E-state index contributed by atoms with van der Waals surface area (Å²) in [6.07, 6.45) is 0. The lowest BCUT2D eigenvalue weighted by Gasteiger charge is -2.32. The molecule has 10 aromatic carbocycles. The fraction of sp³-hybridized carbons (Fsp3) is 0.0164. The third-order valence-electron chi connectivity index (χ3n) is 13.2. The van der Waals surface area contributed by atoms with Crippen LogP contribution in [0, 0.1) is 0 Å². The molecule has 1 aromatic heterocycles. The predicted octanol–water partition coefficient (Wildman–Crippen LogP) is 16.1. The molecule has 1 atom stereocenters. The molecule has 0 aliphatic heterocycles. The highest BCUT2D eigenvalue weighted by molar-refractivity contribution is 6.11. The summed E-state index contributed by atoms with van der Waals surface area (Å²) >= 11 is 0. The third kappa shape index (κ3) is 5.28. The molecular weight excluding hydrogens is 775 g/mol. The molecule has 0 bridgehead atoms. The van der Waals surface area contributed by atoms with E-state index in [-0.39, 0.29) is 29.9 Å². The molecule has 1 heterocycles. The van der Waals surface area contributed by atoms with E-state index >= 15 is 0 Å². The molecule has 3 nitrogen and oxygen atoms in total. The minimum absolute atomic E-state index is 0.0984. The number of hydrogen-bond acceptors (Lipinski definition) is 2. The molecule has 64 heavy (non-hydrogen) atoms. The number of fused-ring (bicyclic) bond motifs is 13. The van der Waals surface area contributed by atoms with Crippen molar-refractivity contribution in [3.63, 3.8) is 0 Å². The molecular formula is C61H41N3. The van der Waals surface area contributed by atoms with Crippen molar-refractivity contribution in [3.05, 3.63) is 271 Å². The first-order valence-electron chi connectivity index (χ1n) is 24.2. The Bertz CT molecular complexity index is 3840. The standard InChI is InChI=1S/C61H41N3/c1-5-19-42(20-6-1)62(43-21-7-2-8-22-43)46-33-36-57-52(39-46)49-27-13-16-30-55(49)61(57)56-31-17-14-28-50(56)53-40-47(34-37-58(53)61)63(44-23-9-3-10-24-44)48-35-38-60-54(41-48)51-29-15-18-32-59(51)64(60)45-25-11-4-12-26-45/h1-41H/i1D,5D,6D,19D,20D. The van der Waals surface area contributed by atoms with E-state index in [2.05, 4.69) is 191 Å². The summed E-state index contributed by atoms with van der Waals surface area (Å²) in [5.74, 6) is 0. The number of aromatic nitrogens is 1. The van der Waals surface area contributed by atoms with Gasteiger partial charge in [-0.1, -0.05) is 152 Å². The SMILES string of the molecule is [2H]c1c([2H])c([2H])c(N(c2ccccc2)c2ccc3c(c2)-c2ccccc2C32c3ccccc3-c3cc(N(c4ccccc4)c4ccc5c(c4)c4ccccc4n5-c4ccccc4)ccc32)c([2H])c1[2H]. The van der Waals surface area contributed by atoms with Crippen molar-refractivity contribution in [1.82, 2.24) is 4.57 Å². The minimum atomic E-state index is -0.654. The Balaban J connectivity index is 1.01. The van der Waals surface area contributed by atoms with E-state index < -0.39 is 11.5 Å². The van der Waals surface area contributed by atoms with Crippen LogP contribution in [0.1, 0.15) is 29.1 Å². The van der Waals surface area contributed by atoms with E-state index in [1.165, 1.54) is 33.0 Å². The molecule has 1 unspecified atom stereocenters. The average Bonchev–Trinajstić information content (AvgIpc) is 4.01. The first kappa shape index (κ1) is 31.4. The van der Waals surface area contributed by atoms with E-state index in [9.17, 15) is 0 Å². The molecule has 2 aliphatic carbocycles. The summed E-state index contributed by atoms with van der Waals surface area (Å²) in [6.45, 7) is 0. The number of anilines is 6. The third-order valence-corrected chi connectivity index (χ3v) is 13.2. The van der Waals surface area contributed by atoms with Crippen molar-refractivity contribution in [2.45, 2.75) is 5.41 Å². The quantitative estimate of drug-likeness (QED) is 0.159. The zero-order valence-electron chi connectivity index (χ0n) is 39.6. The molecule has 300 valence electrons. The topological polar surface area (TPSA) is 11.4 Å². The first-order chi connectivity index (χ1) is 33.8. The summed E-state index contributed by atoms with van der Waals surface area (Å²) in [7, 11) is 0. The summed E-state index contributed by atoms with van der Waals surface area (Å²) < 4.78 is 46.1. The van der Waals surface area contributed by atoms with E-state index in [1.807, 2.05) is 36.4 Å². The van der Waals surface area contributed by atoms with Crippen LogP contribution in [0.4, 0.5) is 34.1 Å². The van der Waals surface area contributed by atoms with Crippen molar-refractivity contribution in [2.75, 3.05) is 9.80 Å². The Morgan fingerprint density at radius 2 is 0.781 bits per heavy atom. The highest BCUT2D eigenvalue weighted by Crippen LogP contribution is 2.64. The van der Waals surface area contributed by atoms with Crippen LogP contribution in [0.15, 0.2) is 249 Å². The van der Waals surface area contributed by atoms with Gasteiger partial charge in [0.05, 0.1) is 23.3 Å². The monoisotopic (exact) mass is 820 g/mol. The Hall–Kier alpha value is -8.40. The van der Waals surface area contributed by atoms with Gasteiger partial charge in [-0.15, -0.1) is 0 Å². The molecule has 3 heteroatoms. The second kappa shape index (κ2) is 14.3. The van der Waals surface area contributed by atoms with Gasteiger partial charge in [-0.25, -0.2) is 0 Å². The van der Waals surface area contributed by atoms with E-state index in [0.29, 0.717) is 11.4 Å². The van der Waals surface area contributed by atoms with Gasteiger partial charge in [-0.3, -0.25) is 0 Å². The van der Waals surface area contributed by atoms with E-state index in [0.717, 1.165) is 56.0 Å². The predicted molar refractivity (Wildman–Crippen MR) is 266 cm³/mol. The number of hydrogen-bond donors (Lipinski definition) is 0. The molecule has 1 spiro atoms. The Labute approximate surface area is 380 Å². The van der Waals surface area contributed by atoms with Crippen LogP contribution in [0.25, 0.3) is 49.7 Å². The normalized spacial score (nSPS) is 15.4. The van der Waals surface area contributed by atoms with Crippen LogP contribution >= 0.6 is 0 Å². The fourth-order valence-corrected chi connectivity index (χ4v) is 10.7. The van der Waals surface area contributed by atoms with E-state index in [1.54, 1.807) is 4.90 Å². The van der Waals surface area contributed by atoms with E-state index in [4.69, 9.17) is 6.85 Å². The first-order valence-corrected chi connectivity index (χ1v) is 21.7. The highest BCUT2D eigenvalue weighted by Gasteiger charge is 2.51. The zero-order valence-corrected chi connectivity index (χ0v) is 34.6. The minimum Gasteiger partial charge on any atom is -0.310 e. The average molecular weight is 821 g/mol. The van der Waals surface area contributed by atoms with Gasteiger partial charge in [0.15, 0.2) is 0 Å². The van der Waals surface area contributed by atoms with Crippen LogP contribution in [-0.2, 0) is 5.41 Å². The molecule has 0 N–H and O–H groups in total. The maximum absolute atomic E-state index is 9.07. The smallest absolute Gasteiger partial charge is 0.0725 e. The molecule has 0 saturated heterocycles. The second-order valence-electron chi connectivity index (χ2n) is 16.5. The number of nitrogens with zero attached hydrogens (tertiary/aromatic N) is 3. The van der Waals surface area contributed by atoms with Gasteiger partial charge in [0.25, 0.3) is 0 Å². The van der Waals surface area contributed by atoms with Gasteiger partial charge in [-0.2, -0.15) is 0 Å². The number of para-hydroxylation sites is 5. The summed E-state index contributed by atoms with van der Waals surface area (Å²) in [5, 5.41) is 2.37. The van der Waals surface area contributed by atoms with Crippen LogP contribution < -0.4 is 9.80 Å². The summed E-state index contributed by atoms with van der Waals surface area (Å²) in [6, 6.07) is 75.1. The van der Waals surface area contributed by atoms with Crippen LogP contribution in [-0.4, -0.2) is 4.57 Å². The van der Waals surface area contributed by atoms with Crippen molar-refractivity contribution in [1.29, 1.82) is 0 Å². The van der Waals surface area contributed by atoms with Gasteiger partial charge in [0.1, 0.15) is 0 Å². The molecule has 13 rings (SSSR count). The number of rotatable bonds is 7. The Morgan fingerprint density at radius 1 is 0.328 bits per heavy atom. The second-order valence-corrected chi connectivity index (χ2v) is 16.5. The molecule has 11 aromatic rings. The largest absolute Gasteiger partial charge is 0.310 e. The van der Waals surface area contributed by atoms with Crippen LogP contribution in [0.3, 0.4) is 0 Å². The van der Waals surface area contributed by atoms with Gasteiger partial charge < -0.3 is 14.4 Å². The number of benzene rings is 10. The van der Waals surface area contributed by atoms with Crippen molar-refractivity contribution in [3.8, 4) is 27.9 Å². The van der Waals surface area contributed by atoms with Crippen LogP contribution in [0.2, 0.25) is 0 Å². The van der Waals surface area contributed by atoms with Gasteiger partial charge in [-0.05, 0) is 142 Å². The summed E-state index contributed by atoms with van der Waals surface area (Å²) in [4.78, 5) is 4.16. The van der Waals surface area contributed by atoms with Crippen molar-refractivity contribution >= 4 is 55.9 Å². The Kier molecular flexibility index (Phi) is 7.04. The maximum atomic E-state index is 9.07. The van der Waals surface area contributed by atoms with Gasteiger partial charge >= 0.3 is 0 Å². The highest BCUT2D eigenvalue weighted by atomic mass is 15.1. The molecule has 0 radical (unpaired) electrons. The molecule has 2 aliphatic rings. The van der Waals surface area contributed by atoms with Gasteiger partial charge in [0, 0.05) is 50.6 Å². The lowest BCUT2D eigenvalue weighted by Crippen LogP contribution is -2.26. The summed E-state index contributed by atoms with van der Waals surface area (Å²) in [5.41, 5.74) is 16.5. The lowest BCUT2D eigenvalue weighted by molar-refractivity contribution is 0.793. The molecule has 0 fully saturated rings. The van der Waals surface area contributed by atoms with Crippen molar-refractivity contribution in [2.24, 2.45) is 0 Å². The van der Waals surface area contributed by atoms with Crippen molar-refractivity contribution < 1.29 is 6.85 Å². The lowest BCUT2D eigenvalue weighted by atomic mass is 9.70. The Morgan fingerprint density at radius 3 is 1.39 bits per heavy atom. The van der Waals surface area contributed by atoms with Gasteiger partial charge in [0.2, 0.25) is 0 Å². The molecule has 0 saturated carbocycles.